The minimum absolute atomic E-state index is 0.189. The summed E-state index contributed by atoms with van der Waals surface area (Å²) in [5, 5.41) is 9.30. The molecule has 18 heavy (non-hydrogen) atoms. The number of carbonyl (C=O) groups excluding carboxylic acids is 1. The number of amides is 1. The number of hydrogen-bond acceptors (Lipinski definition) is 2. The average molecular weight is 247 g/mol. The van der Waals surface area contributed by atoms with Gasteiger partial charge < -0.3 is 10.0 Å². The second kappa shape index (κ2) is 5.67. The molecule has 4 heteroatoms. The van der Waals surface area contributed by atoms with Crippen LogP contribution in [0.25, 0.3) is 0 Å². The summed E-state index contributed by atoms with van der Waals surface area (Å²) in [6, 6.07) is 7.07. The van der Waals surface area contributed by atoms with Crippen LogP contribution in [0.3, 0.4) is 0 Å². The molecule has 1 unspecified atom stereocenters. The molecule has 1 amide bonds. The van der Waals surface area contributed by atoms with E-state index < -0.39 is 6.09 Å². The molecule has 0 spiro atoms. The molecule has 0 aliphatic carbocycles. The van der Waals surface area contributed by atoms with E-state index in [-0.39, 0.29) is 6.04 Å². The van der Waals surface area contributed by atoms with E-state index in [1.165, 1.54) is 4.90 Å². The molecule has 1 aliphatic rings. The summed E-state index contributed by atoms with van der Waals surface area (Å²) in [4.78, 5) is 23.9. The molecule has 2 rings (SSSR count). The summed E-state index contributed by atoms with van der Waals surface area (Å²) in [7, 11) is 0. The van der Waals surface area contributed by atoms with E-state index in [0.717, 1.165) is 37.5 Å². The van der Waals surface area contributed by atoms with Crippen molar-refractivity contribution in [1.29, 1.82) is 0 Å². The third-order valence-electron chi connectivity index (χ3n) is 3.48. The normalized spacial score (nSPS) is 20.2. The topological polar surface area (TPSA) is 57.6 Å². The number of hydrogen-bond donors (Lipinski definition) is 1. The van der Waals surface area contributed by atoms with Crippen molar-refractivity contribution in [3.05, 3.63) is 35.4 Å². The van der Waals surface area contributed by atoms with Gasteiger partial charge in [-0.2, -0.15) is 0 Å². The summed E-state index contributed by atoms with van der Waals surface area (Å²) >= 11 is 0. The van der Waals surface area contributed by atoms with Crippen LogP contribution in [-0.2, 0) is 0 Å². The molecule has 96 valence electrons. The Morgan fingerprint density at radius 3 is 2.78 bits per heavy atom. The zero-order valence-corrected chi connectivity index (χ0v) is 10.2. The fraction of sp³-hybridized carbons (Fsp3) is 0.429. The maximum atomic E-state index is 11.3. The monoisotopic (exact) mass is 247 g/mol. The maximum Gasteiger partial charge on any atom is 0.407 e. The van der Waals surface area contributed by atoms with Crippen molar-refractivity contribution >= 4 is 12.4 Å². The van der Waals surface area contributed by atoms with Crippen LogP contribution in [0.15, 0.2) is 24.3 Å². The molecule has 0 aromatic heterocycles. The Bertz CT molecular complexity index is 444. The van der Waals surface area contributed by atoms with Crippen LogP contribution < -0.4 is 0 Å². The Morgan fingerprint density at radius 2 is 2.06 bits per heavy atom. The van der Waals surface area contributed by atoms with Crippen molar-refractivity contribution in [2.24, 2.45) is 0 Å². The molecule has 0 radical (unpaired) electrons. The van der Waals surface area contributed by atoms with Gasteiger partial charge >= 0.3 is 6.09 Å². The van der Waals surface area contributed by atoms with Crippen molar-refractivity contribution in [1.82, 2.24) is 4.90 Å². The molecule has 1 aromatic rings. The van der Waals surface area contributed by atoms with Crippen molar-refractivity contribution < 1.29 is 14.7 Å². The first-order valence-electron chi connectivity index (χ1n) is 6.27. The minimum Gasteiger partial charge on any atom is -0.465 e. The maximum absolute atomic E-state index is 11.3. The Morgan fingerprint density at radius 1 is 1.28 bits per heavy atom. The SMILES string of the molecule is O=Cc1ccccc1C1CCCCCN1C(=O)O. The lowest BCUT2D eigenvalue weighted by atomic mass is 9.96. The number of carbonyl (C=O) groups is 2. The van der Waals surface area contributed by atoms with Gasteiger partial charge in [0.25, 0.3) is 0 Å². The average Bonchev–Trinajstić information content (AvgIpc) is 2.64. The van der Waals surface area contributed by atoms with Gasteiger partial charge in [-0.15, -0.1) is 0 Å². The quantitative estimate of drug-likeness (QED) is 0.817. The summed E-state index contributed by atoms with van der Waals surface area (Å²) in [5.41, 5.74) is 1.42. The molecule has 1 aliphatic heterocycles. The lowest BCUT2D eigenvalue weighted by Gasteiger charge is -2.28. The van der Waals surface area contributed by atoms with Gasteiger partial charge in [-0.3, -0.25) is 4.79 Å². The number of benzene rings is 1. The molecule has 1 fully saturated rings. The first kappa shape index (κ1) is 12.6. The van der Waals surface area contributed by atoms with Gasteiger partial charge in [0.1, 0.15) is 6.29 Å². The van der Waals surface area contributed by atoms with Gasteiger partial charge in [0.15, 0.2) is 0 Å². The van der Waals surface area contributed by atoms with Crippen LogP contribution in [0.2, 0.25) is 0 Å². The molecule has 1 aromatic carbocycles. The second-order valence-corrected chi connectivity index (χ2v) is 4.59. The van der Waals surface area contributed by atoms with E-state index in [0.29, 0.717) is 12.1 Å². The largest absolute Gasteiger partial charge is 0.465 e. The van der Waals surface area contributed by atoms with E-state index >= 15 is 0 Å². The van der Waals surface area contributed by atoms with Gasteiger partial charge in [0, 0.05) is 12.1 Å². The number of aldehydes is 1. The Balaban J connectivity index is 2.37. The molecule has 1 saturated heterocycles. The van der Waals surface area contributed by atoms with Crippen LogP contribution in [0.5, 0.6) is 0 Å². The third-order valence-corrected chi connectivity index (χ3v) is 3.48. The lowest BCUT2D eigenvalue weighted by molar-refractivity contribution is 0.111. The van der Waals surface area contributed by atoms with Gasteiger partial charge in [0.05, 0.1) is 6.04 Å². The highest BCUT2D eigenvalue weighted by Gasteiger charge is 2.27. The first-order chi connectivity index (χ1) is 8.74. The van der Waals surface area contributed by atoms with Gasteiger partial charge in [-0.25, -0.2) is 4.79 Å². The fourth-order valence-electron chi connectivity index (χ4n) is 2.58. The predicted molar refractivity (Wildman–Crippen MR) is 67.8 cm³/mol. The van der Waals surface area contributed by atoms with Crippen LogP contribution in [-0.4, -0.2) is 28.9 Å². The van der Waals surface area contributed by atoms with E-state index in [1.807, 2.05) is 12.1 Å². The second-order valence-electron chi connectivity index (χ2n) is 4.59. The van der Waals surface area contributed by atoms with Gasteiger partial charge in [-0.05, 0) is 18.4 Å². The lowest BCUT2D eigenvalue weighted by Crippen LogP contribution is -2.33. The Hall–Kier alpha value is -1.84. The number of nitrogens with zero attached hydrogens (tertiary/aromatic N) is 1. The Labute approximate surface area is 106 Å². The standard InChI is InChI=1S/C14H17NO3/c16-10-11-6-3-4-7-12(11)13-8-2-1-5-9-15(13)14(17)18/h3-4,6-7,10,13H,1-2,5,8-9H2,(H,17,18). The van der Waals surface area contributed by atoms with Gasteiger partial charge in [0.2, 0.25) is 0 Å². The third kappa shape index (κ3) is 2.53. The summed E-state index contributed by atoms with van der Waals surface area (Å²) < 4.78 is 0. The van der Waals surface area contributed by atoms with Crippen LogP contribution >= 0.6 is 0 Å². The molecular weight excluding hydrogens is 230 g/mol. The van der Waals surface area contributed by atoms with Crippen LogP contribution in [0.4, 0.5) is 4.79 Å². The molecule has 0 saturated carbocycles. The summed E-state index contributed by atoms with van der Waals surface area (Å²) in [5.74, 6) is 0. The molecule has 1 heterocycles. The van der Waals surface area contributed by atoms with E-state index in [2.05, 4.69) is 0 Å². The molecule has 4 nitrogen and oxygen atoms in total. The Kier molecular flexibility index (Phi) is 3.97. The van der Waals surface area contributed by atoms with Crippen molar-refractivity contribution in [3.8, 4) is 0 Å². The highest BCUT2D eigenvalue weighted by molar-refractivity contribution is 5.78. The van der Waals surface area contributed by atoms with E-state index in [9.17, 15) is 14.7 Å². The molecule has 0 bridgehead atoms. The van der Waals surface area contributed by atoms with Crippen molar-refractivity contribution in [3.63, 3.8) is 0 Å². The first-order valence-corrected chi connectivity index (χ1v) is 6.27. The molecular formula is C14H17NO3. The predicted octanol–water partition coefficient (Wildman–Crippen LogP) is 3.09. The van der Waals surface area contributed by atoms with Crippen molar-refractivity contribution in [2.75, 3.05) is 6.54 Å². The van der Waals surface area contributed by atoms with E-state index in [1.54, 1.807) is 12.1 Å². The number of rotatable bonds is 2. The summed E-state index contributed by atoms with van der Waals surface area (Å²) in [6.45, 7) is 0.549. The highest BCUT2D eigenvalue weighted by Crippen LogP contribution is 2.31. The zero-order valence-electron chi connectivity index (χ0n) is 10.2. The number of carboxylic acid groups (broad SMARTS) is 1. The minimum atomic E-state index is -0.900. The molecule has 1 N–H and O–H groups in total. The van der Waals surface area contributed by atoms with Crippen LogP contribution in [0, 0.1) is 0 Å². The number of likely N-dealkylation sites (tertiary alicyclic amines) is 1. The zero-order chi connectivity index (χ0) is 13.0. The van der Waals surface area contributed by atoms with Crippen LogP contribution in [0.1, 0.15) is 47.6 Å². The van der Waals surface area contributed by atoms with E-state index in [4.69, 9.17) is 0 Å². The smallest absolute Gasteiger partial charge is 0.407 e. The highest BCUT2D eigenvalue weighted by atomic mass is 16.4. The fourth-order valence-corrected chi connectivity index (χ4v) is 2.58. The van der Waals surface area contributed by atoms with Gasteiger partial charge in [-0.1, -0.05) is 37.1 Å². The summed E-state index contributed by atoms with van der Waals surface area (Å²) in [6.07, 6.45) is 3.64. The molecule has 1 atom stereocenters. The van der Waals surface area contributed by atoms with Crippen molar-refractivity contribution in [2.45, 2.75) is 31.7 Å².